The summed E-state index contributed by atoms with van der Waals surface area (Å²) < 4.78 is 0. The molecule has 0 unspecified atom stereocenters. The highest BCUT2D eigenvalue weighted by Gasteiger charge is 0.0000123. The van der Waals surface area contributed by atoms with Crippen LogP contribution >= 0.6 is 0 Å². The first-order valence-electron chi connectivity index (χ1n) is 0. The highest BCUT2D eigenvalue weighted by molar-refractivity contribution is 3.24. The summed E-state index contributed by atoms with van der Waals surface area (Å²) in [5.41, 5.74) is 0. The van der Waals surface area contributed by atoms with E-state index in [0.717, 1.165) is 0 Å². The molecule has 0 amide bonds. The fourth-order valence-corrected chi connectivity index (χ4v) is 0. The van der Waals surface area contributed by atoms with Gasteiger partial charge in [-0.1, -0.05) is 0 Å². The van der Waals surface area contributed by atoms with E-state index in [2.05, 4.69) is 0 Å². The second-order valence-electron chi connectivity index (χ2n) is 0. The van der Waals surface area contributed by atoms with Crippen LogP contribution in [0, 0.1) is 7.43 Å². The van der Waals surface area contributed by atoms with Gasteiger partial charge in [0.1, 0.15) is 0 Å². The average molecular weight is 102 g/mol. The molecule has 0 atom stereocenters. The van der Waals surface area contributed by atoms with Gasteiger partial charge in [-0.05, 0) is 0 Å². The first-order chi connectivity index (χ1) is 0. The van der Waals surface area contributed by atoms with Gasteiger partial charge in [-0.25, -0.2) is 0 Å². The molecule has 5 nitrogen and oxygen atoms in total. The average Bonchev–Trinajstić information content (AvgIpc) is 0. The molecule has 6 heavy (non-hydrogen) atoms. The van der Waals surface area contributed by atoms with Gasteiger partial charge in [0.15, 0.2) is 0 Å². The van der Waals surface area contributed by atoms with Gasteiger partial charge in [0, 0.05) is 7.43 Å². The minimum absolute atomic E-state index is 0. The van der Waals surface area contributed by atoms with Crippen molar-refractivity contribution in [1.29, 1.82) is 0 Å². The summed E-state index contributed by atoms with van der Waals surface area (Å²) in [6.45, 7) is 0. The Labute approximate surface area is 36.1 Å². The largest absolute Gasteiger partial charge is 0.412 e. The molecule has 0 aromatic rings. The summed E-state index contributed by atoms with van der Waals surface area (Å²) >= 11 is 0. The van der Waals surface area contributed by atoms with Crippen molar-refractivity contribution < 1.29 is 27.4 Å². The lowest BCUT2D eigenvalue weighted by Gasteiger charge is -0.413. The molecule has 0 aromatic carbocycles. The molecule has 0 saturated heterocycles. The van der Waals surface area contributed by atoms with Crippen molar-refractivity contribution in [3.8, 4) is 0 Å². The van der Waals surface area contributed by atoms with Gasteiger partial charge >= 0.3 is 0 Å². The van der Waals surface area contributed by atoms with Crippen LogP contribution < -0.4 is 0 Å². The molecule has 10 N–H and O–H groups in total. The van der Waals surface area contributed by atoms with Crippen LogP contribution in [-0.2, 0) is 0 Å². The summed E-state index contributed by atoms with van der Waals surface area (Å²) in [5, 5.41) is 0. The lowest BCUT2D eigenvalue weighted by Crippen LogP contribution is -0.290. The fraction of sp³-hybridized carbons (Fsp3) is 0. The molecule has 0 spiro atoms. The molecule has 0 rings (SSSR count). The molecule has 0 aromatic heterocycles. The van der Waals surface area contributed by atoms with Gasteiger partial charge in [-0.2, -0.15) is 0 Å². The molecule has 0 fully saturated rings. The maximum Gasteiger partial charge on any atom is 0 e. The summed E-state index contributed by atoms with van der Waals surface area (Å²) in [5.74, 6) is 0. The predicted octanol–water partition coefficient (Wildman–Crippen LogP) is -4.04. The summed E-state index contributed by atoms with van der Waals surface area (Å²) in [4.78, 5) is 0. The first-order valence-corrected chi connectivity index (χ1v) is 0. The van der Waals surface area contributed by atoms with E-state index in [1.54, 1.807) is 0 Å². The van der Waals surface area contributed by atoms with Gasteiger partial charge < -0.3 is 27.4 Å². The number of rotatable bonds is 0. The summed E-state index contributed by atoms with van der Waals surface area (Å²) in [6.07, 6.45) is 0. The zero-order valence-corrected chi connectivity index (χ0v) is 3.00. The Morgan fingerprint density at radius 1 is 0.333 bits per heavy atom. The monoisotopic (exact) mass is 102 g/mol. The second kappa shape index (κ2) is 1730. The standard InChI is InChI=1S/C.5H2O/h;5*1H2. The molecule has 0 saturated carbocycles. The highest BCUT2D eigenvalue weighted by Crippen LogP contribution is 0.0813. The molecule has 0 aliphatic carbocycles. The van der Waals surface area contributed by atoms with Gasteiger partial charge in [-0.15, -0.1) is 0 Å². The zero-order chi connectivity index (χ0) is 0. The summed E-state index contributed by atoms with van der Waals surface area (Å²) in [6, 6.07) is 0. The number of hydrogen-bond donors (Lipinski definition) is 0. The van der Waals surface area contributed by atoms with Crippen LogP contribution in [0.15, 0.2) is 0 Å². The Morgan fingerprint density at radius 3 is 0.333 bits per heavy atom. The van der Waals surface area contributed by atoms with Gasteiger partial charge in [0.25, 0.3) is 0 Å². The third kappa shape index (κ3) is 745. The van der Waals surface area contributed by atoms with Crippen molar-refractivity contribution in [2.24, 2.45) is 0 Å². The highest BCUT2D eigenvalue weighted by atomic mass is 16.0. The minimum Gasteiger partial charge on any atom is -0.412 e. The Morgan fingerprint density at radius 2 is 0.333 bits per heavy atom. The maximum atomic E-state index is 0. The molecule has 5 heteroatoms. The fourth-order valence-electron chi connectivity index (χ4n) is 0. The number of hydrogen-bond acceptors (Lipinski definition) is 0. The van der Waals surface area contributed by atoms with E-state index in [4.69, 9.17) is 0 Å². The van der Waals surface area contributed by atoms with E-state index in [1.165, 1.54) is 0 Å². The minimum atomic E-state index is 0. The Hall–Kier alpha value is -0.200. The Kier molecular flexibility index (Phi) is 965000. The van der Waals surface area contributed by atoms with E-state index >= 15 is 0 Å². The topological polar surface area (TPSA) is 158 Å². The van der Waals surface area contributed by atoms with Crippen molar-refractivity contribution in [3.63, 3.8) is 0 Å². The van der Waals surface area contributed by atoms with Crippen molar-refractivity contribution in [2.45, 2.75) is 0 Å². The van der Waals surface area contributed by atoms with Crippen LogP contribution in [0.2, 0.25) is 0 Å². The molecule has 0 heterocycles. The van der Waals surface area contributed by atoms with Crippen molar-refractivity contribution in [2.75, 3.05) is 0 Å². The zero-order valence-electron chi connectivity index (χ0n) is 3.00. The van der Waals surface area contributed by atoms with Crippen molar-refractivity contribution in [3.05, 3.63) is 7.43 Å². The third-order valence-electron chi connectivity index (χ3n) is 0. The quantitative estimate of drug-likeness (QED) is 0.291. The lowest BCUT2D eigenvalue weighted by molar-refractivity contribution is 0.823. The van der Waals surface area contributed by atoms with Gasteiger partial charge in [0.05, 0.1) is 0 Å². The molecule has 4 radical (unpaired) electrons. The smallest absolute Gasteiger partial charge is 0 e. The summed E-state index contributed by atoms with van der Waals surface area (Å²) in [7, 11) is 0. The SMILES string of the molecule is O.O.O.O.O.[C]. The molecular formula is CH10O5. The van der Waals surface area contributed by atoms with Crippen LogP contribution in [0.4, 0.5) is 0 Å². The maximum absolute atomic E-state index is 0. The predicted molar refractivity (Wildman–Crippen MR) is 21.3 cm³/mol. The van der Waals surface area contributed by atoms with E-state index < -0.39 is 0 Å². The lowest BCUT2D eigenvalue weighted by atomic mass is 12.0. The normalized spacial score (nSPS) is 0. The van der Waals surface area contributed by atoms with Crippen molar-refractivity contribution >= 4 is 0 Å². The van der Waals surface area contributed by atoms with Crippen LogP contribution in [0.5, 0.6) is 0 Å². The van der Waals surface area contributed by atoms with E-state index in [-0.39, 0.29) is 34.8 Å². The van der Waals surface area contributed by atoms with Gasteiger partial charge in [0.2, 0.25) is 0 Å². The first kappa shape index (κ1) is 3340. The van der Waals surface area contributed by atoms with Crippen LogP contribution in [0.1, 0.15) is 0 Å². The Bertz CT molecular complexity index is 3.90. The van der Waals surface area contributed by atoms with Crippen LogP contribution in [0.25, 0.3) is 0 Å². The molecule has 44 valence electrons. The molecule has 0 aliphatic rings. The Balaban J connectivity index is 0. The van der Waals surface area contributed by atoms with E-state index in [1.807, 2.05) is 0 Å². The second-order valence-corrected chi connectivity index (χ2v) is 0. The van der Waals surface area contributed by atoms with E-state index in [0.29, 0.717) is 0 Å². The molecule has 0 bridgehead atoms. The van der Waals surface area contributed by atoms with Crippen LogP contribution in [0.3, 0.4) is 0 Å². The van der Waals surface area contributed by atoms with E-state index in [9.17, 15) is 0 Å². The van der Waals surface area contributed by atoms with Gasteiger partial charge in [-0.3, -0.25) is 0 Å². The third-order valence-corrected chi connectivity index (χ3v) is 0. The van der Waals surface area contributed by atoms with Crippen molar-refractivity contribution in [1.82, 2.24) is 0 Å². The molecule has 0 aliphatic heterocycles. The molecular weight excluding hydrogens is 92.0 g/mol. The van der Waals surface area contributed by atoms with Crippen LogP contribution in [-0.4, -0.2) is 27.4 Å².